The van der Waals surface area contributed by atoms with Crippen LogP contribution in [0.3, 0.4) is 0 Å². The number of H-pyrrole nitrogens is 1. The minimum Gasteiger partial charge on any atom is -0.349 e. The number of rotatable bonds is 4. The monoisotopic (exact) mass is 339 g/mol. The Balaban J connectivity index is 1.37. The van der Waals surface area contributed by atoms with Crippen molar-refractivity contribution in [1.29, 1.82) is 0 Å². The Morgan fingerprint density at radius 1 is 1.20 bits per heavy atom. The van der Waals surface area contributed by atoms with Crippen molar-refractivity contribution in [3.63, 3.8) is 0 Å². The minimum absolute atomic E-state index is 0.158. The van der Waals surface area contributed by atoms with Gasteiger partial charge in [-0.1, -0.05) is 5.16 Å². The van der Waals surface area contributed by atoms with Gasteiger partial charge in [0.2, 0.25) is 11.7 Å². The second-order valence-electron chi connectivity index (χ2n) is 5.76. The van der Waals surface area contributed by atoms with E-state index in [-0.39, 0.29) is 5.56 Å². The summed E-state index contributed by atoms with van der Waals surface area (Å²) in [5.74, 6) is 1.59. The van der Waals surface area contributed by atoms with Gasteiger partial charge in [-0.2, -0.15) is 4.98 Å². The third-order valence-electron chi connectivity index (χ3n) is 4.11. The molecule has 0 unspecified atom stereocenters. The summed E-state index contributed by atoms with van der Waals surface area (Å²) in [6.45, 7) is 3.62. The third kappa shape index (κ3) is 3.41. The number of hydrogen-bond acceptors (Lipinski definition) is 8. The maximum atomic E-state index is 11.8. The maximum Gasteiger partial charge on any atom is 0.290 e. The van der Waals surface area contributed by atoms with Crippen LogP contribution >= 0.6 is 0 Å². The topological polar surface area (TPSA) is 104 Å². The normalized spacial score (nSPS) is 15.4. The van der Waals surface area contributed by atoms with Crippen LogP contribution < -0.4 is 10.5 Å². The van der Waals surface area contributed by atoms with Gasteiger partial charge in [-0.05, 0) is 12.1 Å². The average molecular weight is 339 g/mol. The molecule has 1 saturated heterocycles. The molecule has 1 aliphatic heterocycles. The zero-order valence-electron chi connectivity index (χ0n) is 13.5. The number of aromatic amines is 1. The molecule has 128 valence electrons. The van der Waals surface area contributed by atoms with Gasteiger partial charge in [0.15, 0.2) is 5.82 Å². The predicted molar refractivity (Wildman–Crippen MR) is 89.9 cm³/mol. The Morgan fingerprint density at radius 3 is 2.84 bits per heavy atom. The van der Waals surface area contributed by atoms with Crippen LogP contribution in [0, 0.1) is 0 Å². The lowest BCUT2D eigenvalue weighted by atomic mass is 10.3. The van der Waals surface area contributed by atoms with Crippen molar-refractivity contribution < 1.29 is 4.52 Å². The lowest BCUT2D eigenvalue weighted by Crippen LogP contribution is -2.47. The van der Waals surface area contributed by atoms with Crippen LogP contribution in [0.5, 0.6) is 0 Å². The molecule has 0 aliphatic carbocycles. The molecule has 3 aromatic rings. The van der Waals surface area contributed by atoms with E-state index in [0.717, 1.165) is 31.7 Å². The van der Waals surface area contributed by atoms with Crippen LogP contribution in [-0.2, 0) is 6.54 Å². The van der Waals surface area contributed by atoms with Crippen LogP contribution in [-0.4, -0.2) is 56.2 Å². The second-order valence-corrected chi connectivity index (χ2v) is 5.76. The van der Waals surface area contributed by atoms with Gasteiger partial charge in [0, 0.05) is 56.5 Å². The van der Waals surface area contributed by atoms with E-state index in [0.29, 0.717) is 24.1 Å². The predicted octanol–water partition coefficient (Wildman–Crippen LogP) is 0.537. The molecule has 0 saturated carbocycles. The highest BCUT2D eigenvalue weighted by Gasteiger charge is 2.21. The Labute approximate surface area is 143 Å². The SMILES string of the molecule is O=c1[nH]ccnc1N1CCN(Cc2nc(-c3cccnc3)no2)CC1. The third-order valence-corrected chi connectivity index (χ3v) is 4.11. The van der Waals surface area contributed by atoms with E-state index in [2.05, 4.69) is 30.0 Å². The maximum absolute atomic E-state index is 11.8. The van der Waals surface area contributed by atoms with E-state index >= 15 is 0 Å². The molecule has 0 aromatic carbocycles. The fourth-order valence-corrected chi connectivity index (χ4v) is 2.81. The lowest BCUT2D eigenvalue weighted by molar-refractivity contribution is 0.215. The molecule has 0 spiro atoms. The zero-order valence-corrected chi connectivity index (χ0v) is 13.5. The molecule has 25 heavy (non-hydrogen) atoms. The summed E-state index contributed by atoms with van der Waals surface area (Å²) in [6, 6.07) is 3.73. The summed E-state index contributed by atoms with van der Waals surface area (Å²) in [7, 11) is 0. The van der Waals surface area contributed by atoms with Gasteiger partial charge in [-0.15, -0.1) is 0 Å². The fourth-order valence-electron chi connectivity index (χ4n) is 2.81. The van der Waals surface area contributed by atoms with Crippen molar-refractivity contribution in [3.05, 3.63) is 53.2 Å². The van der Waals surface area contributed by atoms with Crippen molar-refractivity contribution in [3.8, 4) is 11.4 Å². The Bertz CT molecular complexity index is 885. The van der Waals surface area contributed by atoms with Crippen LogP contribution in [0.2, 0.25) is 0 Å². The molecule has 0 radical (unpaired) electrons. The van der Waals surface area contributed by atoms with Gasteiger partial charge in [0.25, 0.3) is 5.56 Å². The van der Waals surface area contributed by atoms with Crippen LogP contribution in [0.15, 0.2) is 46.2 Å². The highest BCUT2D eigenvalue weighted by Crippen LogP contribution is 2.15. The number of aromatic nitrogens is 5. The molecule has 0 amide bonds. The molecule has 9 nitrogen and oxygen atoms in total. The van der Waals surface area contributed by atoms with E-state index in [4.69, 9.17) is 4.52 Å². The Hall–Kier alpha value is -3.07. The van der Waals surface area contributed by atoms with Crippen molar-refractivity contribution >= 4 is 5.82 Å². The highest BCUT2D eigenvalue weighted by atomic mass is 16.5. The van der Waals surface area contributed by atoms with Gasteiger partial charge in [0.05, 0.1) is 6.54 Å². The van der Waals surface area contributed by atoms with E-state index in [9.17, 15) is 4.79 Å². The molecular formula is C16H17N7O2. The summed E-state index contributed by atoms with van der Waals surface area (Å²) < 4.78 is 5.34. The van der Waals surface area contributed by atoms with E-state index < -0.39 is 0 Å². The molecule has 0 bridgehead atoms. The molecule has 4 heterocycles. The first-order valence-electron chi connectivity index (χ1n) is 8.03. The number of pyridine rings is 1. The summed E-state index contributed by atoms with van der Waals surface area (Å²) in [5.41, 5.74) is 0.672. The van der Waals surface area contributed by atoms with Gasteiger partial charge in [0.1, 0.15) is 0 Å². The fraction of sp³-hybridized carbons (Fsp3) is 0.312. The molecule has 1 aliphatic rings. The molecule has 0 atom stereocenters. The zero-order chi connectivity index (χ0) is 17.1. The standard InChI is InChI=1S/C16H17N7O2/c24-16-15(18-4-5-19-16)23-8-6-22(7-9-23)11-13-20-14(21-25-13)12-2-1-3-17-10-12/h1-5,10H,6-9,11H2,(H,19,24). The molecule has 1 fully saturated rings. The summed E-state index contributed by atoms with van der Waals surface area (Å²) in [6.07, 6.45) is 6.55. The van der Waals surface area contributed by atoms with Crippen molar-refractivity contribution in [2.75, 3.05) is 31.1 Å². The minimum atomic E-state index is -0.158. The number of hydrogen-bond donors (Lipinski definition) is 1. The van der Waals surface area contributed by atoms with Crippen LogP contribution in [0.4, 0.5) is 5.82 Å². The van der Waals surface area contributed by atoms with Gasteiger partial charge in [-0.25, -0.2) is 4.98 Å². The van der Waals surface area contributed by atoms with Gasteiger partial charge in [-0.3, -0.25) is 14.7 Å². The van der Waals surface area contributed by atoms with Gasteiger partial charge < -0.3 is 14.4 Å². The van der Waals surface area contributed by atoms with E-state index in [1.54, 1.807) is 18.6 Å². The number of piperazine rings is 1. The lowest BCUT2D eigenvalue weighted by Gasteiger charge is -2.33. The van der Waals surface area contributed by atoms with E-state index in [1.807, 2.05) is 17.0 Å². The number of nitrogens with zero attached hydrogens (tertiary/aromatic N) is 6. The van der Waals surface area contributed by atoms with Crippen molar-refractivity contribution in [2.45, 2.75) is 6.54 Å². The largest absolute Gasteiger partial charge is 0.349 e. The molecule has 4 rings (SSSR count). The summed E-state index contributed by atoms with van der Waals surface area (Å²) >= 11 is 0. The Morgan fingerprint density at radius 2 is 2.08 bits per heavy atom. The van der Waals surface area contributed by atoms with Crippen molar-refractivity contribution in [2.24, 2.45) is 0 Å². The Kier molecular flexibility index (Phi) is 4.21. The number of nitrogens with one attached hydrogen (secondary N) is 1. The van der Waals surface area contributed by atoms with Crippen LogP contribution in [0.25, 0.3) is 11.4 Å². The molecule has 3 aromatic heterocycles. The number of anilines is 1. The van der Waals surface area contributed by atoms with E-state index in [1.165, 1.54) is 6.20 Å². The molecule has 9 heteroatoms. The molecular weight excluding hydrogens is 322 g/mol. The second kappa shape index (κ2) is 6.81. The first-order chi connectivity index (χ1) is 12.3. The first kappa shape index (κ1) is 15.5. The van der Waals surface area contributed by atoms with Gasteiger partial charge >= 0.3 is 0 Å². The summed E-state index contributed by atoms with van der Waals surface area (Å²) in [5, 5.41) is 4.01. The smallest absolute Gasteiger partial charge is 0.290 e. The quantitative estimate of drug-likeness (QED) is 0.734. The van der Waals surface area contributed by atoms with Crippen LogP contribution in [0.1, 0.15) is 5.89 Å². The summed E-state index contributed by atoms with van der Waals surface area (Å²) in [4.78, 5) is 31.3. The highest BCUT2D eigenvalue weighted by molar-refractivity contribution is 5.51. The average Bonchev–Trinajstić information content (AvgIpc) is 3.12. The van der Waals surface area contributed by atoms with Crippen molar-refractivity contribution in [1.82, 2.24) is 30.0 Å². The first-order valence-corrected chi connectivity index (χ1v) is 8.03. The molecule has 1 N–H and O–H groups in total.